The molecule has 0 amide bonds. The van der Waals surface area contributed by atoms with Crippen molar-refractivity contribution in [1.29, 1.82) is 0 Å². The first kappa shape index (κ1) is 22.8. The van der Waals surface area contributed by atoms with Crippen LogP contribution < -0.4 is 0 Å². The lowest BCUT2D eigenvalue weighted by atomic mass is 9.46. The summed E-state index contributed by atoms with van der Waals surface area (Å²) in [5, 5.41) is 31.9. The van der Waals surface area contributed by atoms with Crippen LogP contribution in [0, 0.1) is 46.3 Å². The van der Waals surface area contributed by atoms with E-state index in [0.29, 0.717) is 35.0 Å². The van der Waals surface area contributed by atoms with Crippen molar-refractivity contribution in [3.05, 3.63) is 11.6 Å². The van der Waals surface area contributed by atoms with Crippen LogP contribution in [0.15, 0.2) is 11.6 Å². The molecule has 0 aromatic carbocycles. The summed E-state index contributed by atoms with van der Waals surface area (Å²) >= 11 is 0. The van der Waals surface area contributed by atoms with Gasteiger partial charge in [-0.15, -0.1) is 0 Å². The highest BCUT2D eigenvalue weighted by atomic mass is 16.3. The van der Waals surface area contributed by atoms with E-state index in [1.807, 2.05) is 0 Å². The molecule has 0 heterocycles. The summed E-state index contributed by atoms with van der Waals surface area (Å²) in [6.07, 6.45) is 10.8. The Hall–Kier alpha value is -0.380. The van der Waals surface area contributed by atoms with E-state index in [0.717, 1.165) is 43.6 Å². The molecule has 3 fully saturated rings. The molecule has 4 aliphatic carbocycles. The zero-order chi connectivity index (χ0) is 21.8. The predicted octanol–water partition coefficient (Wildman–Crippen LogP) is 5.33. The Labute approximate surface area is 184 Å². The largest absolute Gasteiger partial charge is 0.393 e. The molecule has 0 aliphatic heterocycles. The maximum absolute atomic E-state index is 11.0. The van der Waals surface area contributed by atoms with Crippen molar-refractivity contribution in [3.8, 4) is 0 Å². The average molecular weight is 419 g/mol. The molecular formula is C27H46O3. The molecule has 0 radical (unpaired) electrons. The van der Waals surface area contributed by atoms with Gasteiger partial charge in [0, 0.05) is 0 Å². The lowest BCUT2D eigenvalue weighted by Gasteiger charge is -2.59. The quantitative estimate of drug-likeness (QED) is 0.529. The van der Waals surface area contributed by atoms with Gasteiger partial charge in [0.25, 0.3) is 0 Å². The molecule has 10 unspecified atom stereocenters. The third-order valence-electron chi connectivity index (χ3n) is 10.5. The average Bonchev–Trinajstić information content (AvgIpc) is 3.06. The molecule has 3 N–H and O–H groups in total. The molecule has 0 spiro atoms. The normalized spacial score (nSPS) is 47.8. The van der Waals surface area contributed by atoms with Crippen LogP contribution in [-0.2, 0) is 0 Å². The van der Waals surface area contributed by atoms with Crippen LogP contribution in [0.5, 0.6) is 0 Å². The Morgan fingerprint density at radius 3 is 2.40 bits per heavy atom. The van der Waals surface area contributed by atoms with E-state index in [1.54, 1.807) is 0 Å². The standard InChI is InChI=1S/C27H46O3/c1-16(2)6-11-23(28)17(3)19-9-10-20-18-7-8-22-25(30)24(29)13-15-27(22,5)21(18)12-14-26(19,20)4/h8,16-21,23-25,28-30H,6-7,9-15H2,1-5H3. The number of hydrogen-bond donors (Lipinski definition) is 3. The van der Waals surface area contributed by atoms with Gasteiger partial charge in [0.1, 0.15) is 6.10 Å². The minimum Gasteiger partial charge on any atom is -0.393 e. The van der Waals surface area contributed by atoms with Gasteiger partial charge >= 0.3 is 0 Å². The molecule has 3 saturated carbocycles. The van der Waals surface area contributed by atoms with E-state index in [-0.39, 0.29) is 11.5 Å². The van der Waals surface area contributed by atoms with Crippen LogP contribution in [-0.4, -0.2) is 33.6 Å². The molecule has 4 aliphatic rings. The van der Waals surface area contributed by atoms with Gasteiger partial charge in [0.2, 0.25) is 0 Å². The Morgan fingerprint density at radius 1 is 0.967 bits per heavy atom. The maximum atomic E-state index is 11.0. The van der Waals surface area contributed by atoms with Gasteiger partial charge in [-0.05, 0) is 110 Å². The molecule has 10 atom stereocenters. The molecule has 3 nitrogen and oxygen atoms in total. The van der Waals surface area contributed by atoms with Gasteiger partial charge in [0.05, 0.1) is 12.2 Å². The van der Waals surface area contributed by atoms with Crippen LogP contribution in [0.1, 0.15) is 92.4 Å². The van der Waals surface area contributed by atoms with Gasteiger partial charge in [-0.1, -0.05) is 40.7 Å². The number of allylic oxidation sites excluding steroid dienone is 1. The van der Waals surface area contributed by atoms with Crippen LogP contribution in [0.2, 0.25) is 0 Å². The third kappa shape index (κ3) is 3.52. The molecular weight excluding hydrogens is 372 g/mol. The first-order valence-corrected chi connectivity index (χ1v) is 12.8. The second kappa shape index (κ2) is 8.19. The van der Waals surface area contributed by atoms with Crippen LogP contribution in [0.4, 0.5) is 0 Å². The molecule has 0 bridgehead atoms. The van der Waals surface area contributed by atoms with Crippen molar-refractivity contribution < 1.29 is 15.3 Å². The Morgan fingerprint density at radius 2 is 1.70 bits per heavy atom. The fraction of sp³-hybridized carbons (Fsp3) is 0.926. The van der Waals surface area contributed by atoms with Crippen molar-refractivity contribution in [3.63, 3.8) is 0 Å². The summed E-state index contributed by atoms with van der Waals surface area (Å²) in [6.45, 7) is 11.7. The maximum Gasteiger partial charge on any atom is 0.101 e. The van der Waals surface area contributed by atoms with E-state index in [1.165, 1.54) is 25.7 Å². The van der Waals surface area contributed by atoms with E-state index >= 15 is 0 Å². The van der Waals surface area contributed by atoms with E-state index in [2.05, 4.69) is 40.7 Å². The number of aliphatic hydroxyl groups is 3. The van der Waals surface area contributed by atoms with Gasteiger partial charge in [-0.3, -0.25) is 0 Å². The summed E-state index contributed by atoms with van der Waals surface area (Å²) in [4.78, 5) is 0. The zero-order valence-electron chi connectivity index (χ0n) is 20.0. The smallest absolute Gasteiger partial charge is 0.101 e. The lowest BCUT2D eigenvalue weighted by molar-refractivity contribution is -0.0858. The molecule has 0 aromatic heterocycles. The molecule has 3 heteroatoms. The minimum absolute atomic E-state index is 0.0589. The van der Waals surface area contributed by atoms with Crippen molar-refractivity contribution in [1.82, 2.24) is 0 Å². The number of aliphatic hydroxyl groups excluding tert-OH is 3. The van der Waals surface area contributed by atoms with E-state index in [9.17, 15) is 15.3 Å². The van der Waals surface area contributed by atoms with Crippen molar-refractivity contribution >= 4 is 0 Å². The van der Waals surface area contributed by atoms with Gasteiger partial charge in [0.15, 0.2) is 0 Å². The highest BCUT2D eigenvalue weighted by molar-refractivity contribution is 5.29. The summed E-state index contributed by atoms with van der Waals surface area (Å²) < 4.78 is 0. The summed E-state index contributed by atoms with van der Waals surface area (Å²) in [7, 11) is 0. The zero-order valence-corrected chi connectivity index (χ0v) is 20.0. The first-order valence-electron chi connectivity index (χ1n) is 12.8. The first-order chi connectivity index (χ1) is 14.1. The van der Waals surface area contributed by atoms with Gasteiger partial charge < -0.3 is 15.3 Å². The Kier molecular flexibility index (Phi) is 6.23. The van der Waals surface area contributed by atoms with Gasteiger partial charge in [-0.2, -0.15) is 0 Å². The Bertz CT molecular complexity index is 656. The van der Waals surface area contributed by atoms with Crippen LogP contribution in [0.3, 0.4) is 0 Å². The lowest BCUT2D eigenvalue weighted by Crippen LogP contribution is -2.54. The highest BCUT2D eigenvalue weighted by Crippen LogP contribution is 2.67. The van der Waals surface area contributed by atoms with Crippen LogP contribution in [0.25, 0.3) is 0 Å². The van der Waals surface area contributed by atoms with Crippen LogP contribution >= 0.6 is 0 Å². The van der Waals surface area contributed by atoms with Crippen molar-refractivity contribution in [2.45, 2.75) is 111 Å². The molecule has 4 rings (SSSR count). The number of fused-ring (bicyclic) bond motifs is 5. The van der Waals surface area contributed by atoms with E-state index in [4.69, 9.17) is 0 Å². The monoisotopic (exact) mass is 418 g/mol. The van der Waals surface area contributed by atoms with Gasteiger partial charge in [-0.25, -0.2) is 0 Å². The summed E-state index contributed by atoms with van der Waals surface area (Å²) in [5.74, 6) is 3.74. The molecule has 0 aromatic rings. The second-order valence-corrected chi connectivity index (χ2v) is 12.4. The predicted molar refractivity (Wildman–Crippen MR) is 122 cm³/mol. The SMILES string of the molecule is CC(C)CCC(O)C(C)C1CCC2C3CC=C4C(O)C(O)CCC4(C)C3CCC12C. The second-order valence-electron chi connectivity index (χ2n) is 12.4. The minimum atomic E-state index is -0.662. The number of hydrogen-bond acceptors (Lipinski definition) is 3. The summed E-state index contributed by atoms with van der Waals surface area (Å²) in [6, 6.07) is 0. The Balaban J connectivity index is 1.53. The molecule has 30 heavy (non-hydrogen) atoms. The molecule has 172 valence electrons. The molecule has 0 saturated heterocycles. The topological polar surface area (TPSA) is 60.7 Å². The van der Waals surface area contributed by atoms with E-state index < -0.39 is 12.2 Å². The van der Waals surface area contributed by atoms with Crippen molar-refractivity contribution in [2.75, 3.05) is 0 Å². The number of rotatable bonds is 5. The third-order valence-corrected chi connectivity index (χ3v) is 10.5. The summed E-state index contributed by atoms with van der Waals surface area (Å²) in [5.41, 5.74) is 1.54. The van der Waals surface area contributed by atoms with Crippen molar-refractivity contribution in [2.24, 2.45) is 46.3 Å². The highest BCUT2D eigenvalue weighted by Gasteiger charge is 2.60. The fourth-order valence-corrected chi connectivity index (χ4v) is 8.66. The fourth-order valence-electron chi connectivity index (χ4n) is 8.66.